The van der Waals surface area contributed by atoms with Crippen molar-refractivity contribution in [1.29, 1.82) is 0 Å². The molecule has 0 aliphatic heterocycles. The number of anilines is 2. The number of hydrogen-bond donors (Lipinski definition) is 2. The van der Waals surface area contributed by atoms with Crippen LogP contribution in [-0.2, 0) is 0 Å². The third-order valence-corrected chi connectivity index (χ3v) is 3.63. The zero-order chi connectivity index (χ0) is 13.9. The Morgan fingerprint density at radius 3 is 2.56 bits per heavy atom. The monoisotopic (exact) mass is 249 g/mol. The van der Waals surface area contributed by atoms with Crippen LogP contribution in [0.5, 0.6) is 0 Å². The van der Waals surface area contributed by atoms with Crippen LogP contribution in [0, 0.1) is 0 Å². The second-order valence-corrected chi connectivity index (χ2v) is 5.08. The first-order valence-electron chi connectivity index (χ1n) is 6.19. The molecule has 0 saturated heterocycles. The molecular weight excluding hydrogens is 226 g/mol. The van der Waals surface area contributed by atoms with Gasteiger partial charge in [0.1, 0.15) is 0 Å². The molecule has 4 heteroatoms. The summed E-state index contributed by atoms with van der Waals surface area (Å²) in [6.07, 6.45) is 0.978. The van der Waals surface area contributed by atoms with Gasteiger partial charge in [-0.1, -0.05) is 6.92 Å². The number of nitrogens with two attached hydrogens (primary N) is 1. The summed E-state index contributed by atoms with van der Waals surface area (Å²) in [4.78, 5) is 14.0. The number of carbonyl (C=O) groups excluding carboxylic acids is 1. The highest BCUT2D eigenvalue weighted by molar-refractivity contribution is 6.00. The van der Waals surface area contributed by atoms with Gasteiger partial charge in [0, 0.05) is 25.3 Å². The lowest BCUT2D eigenvalue weighted by molar-refractivity contribution is 0.0963. The van der Waals surface area contributed by atoms with E-state index in [1.54, 1.807) is 19.2 Å². The van der Waals surface area contributed by atoms with Crippen molar-refractivity contribution in [3.05, 3.63) is 23.8 Å². The molecule has 0 atom stereocenters. The van der Waals surface area contributed by atoms with E-state index in [0.29, 0.717) is 11.3 Å². The zero-order valence-corrected chi connectivity index (χ0v) is 11.9. The molecule has 18 heavy (non-hydrogen) atoms. The van der Waals surface area contributed by atoms with E-state index in [2.05, 4.69) is 31.0 Å². The Morgan fingerprint density at radius 2 is 2.06 bits per heavy atom. The normalized spacial score (nSPS) is 11.2. The van der Waals surface area contributed by atoms with Crippen molar-refractivity contribution in [1.82, 2.24) is 5.32 Å². The van der Waals surface area contributed by atoms with Crippen LogP contribution in [0.2, 0.25) is 0 Å². The maximum absolute atomic E-state index is 11.9. The van der Waals surface area contributed by atoms with E-state index in [0.717, 1.165) is 12.1 Å². The number of nitrogens with one attached hydrogen (secondary N) is 1. The summed E-state index contributed by atoms with van der Waals surface area (Å²) in [6.45, 7) is 6.41. The first-order chi connectivity index (χ1) is 8.33. The van der Waals surface area contributed by atoms with E-state index >= 15 is 0 Å². The quantitative estimate of drug-likeness (QED) is 0.805. The van der Waals surface area contributed by atoms with E-state index < -0.39 is 0 Å². The molecular formula is C14H23N3O. The molecule has 0 unspecified atom stereocenters. The van der Waals surface area contributed by atoms with E-state index in [9.17, 15) is 4.79 Å². The summed E-state index contributed by atoms with van der Waals surface area (Å²) in [5.41, 5.74) is 7.98. The lowest BCUT2D eigenvalue weighted by Crippen LogP contribution is -2.41. The topological polar surface area (TPSA) is 58.4 Å². The summed E-state index contributed by atoms with van der Waals surface area (Å²) < 4.78 is 0. The average Bonchev–Trinajstić information content (AvgIpc) is 2.36. The van der Waals surface area contributed by atoms with E-state index in [1.807, 2.05) is 13.1 Å². The minimum Gasteiger partial charge on any atom is -0.399 e. The molecule has 1 aromatic carbocycles. The highest BCUT2D eigenvalue weighted by Gasteiger charge is 2.25. The van der Waals surface area contributed by atoms with Crippen LogP contribution < -0.4 is 16.0 Å². The minimum atomic E-state index is -0.0937. The van der Waals surface area contributed by atoms with Gasteiger partial charge in [0.15, 0.2) is 0 Å². The first kappa shape index (κ1) is 14.4. The predicted octanol–water partition coefficient (Wildman–Crippen LogP) is 2.25. The van der Waals surface area contributed by atoms with Crippen LogP contribution in [0.4, 0.5) is 11.4 Å². The Bertz CT molecular complexity index is 441. The minimum absolute atomic E-state index is 0.0312. The first-order valence-corrected chi connectivity index (χ1v) is 6.19. The van der Waals surface area contributed by atoms with Crippen molar-refractivity contribution in [2.75, 3.05) is 24.7 Å². The molecule has 1 rings (SSSR count). The molecule has 3 N–H and O–H groups in total. The summed E-state index contributed by atoms with van der Waals surface area (Å²) in [7, 11) is 3.62. The van der Waals surface area contributed by atoms with Crippen LogP contribution in [-0.4, -0.2) is 25.5 Å². The lowest BCUT2D eigenvalue weighted by atomic mass is 9.97. The van der Waals surface area contributed by atoms with Crippen LogP contribution in [0.25, 0.3) is 0 Å². The van der Waals surface area contributed by atoms with Gasteiger partial charge >= 0.3 is 0 Å². The fourth-order valence-electron chi connectivity index (χ4n) is 1.72. The Kier molecular flexibility index (Phi) is 4.22. The molecule has 0 aromatic heterocycles. The number of amides is 1. The average molecular weight is 249 g/mol. The molecule has 0 spiro atoms. The fourth-order valence-corrected chi connectivity index (χ4v) is 1.72. The van der Waals surface area contributed by atoms with Gasteiger partial charge in [0.05, 0.1) is 11.3 Å². The predicted molar refractivity (Wildman–Crippen MR) is 77.0 cm³/mol. The summed E-state index contributed by atoms with van der Waals surface area (Å²) in [5, 5.41) is 2.66. The van der Waals surface area contributed by atoms with Gasteiger partial charge in [0.25, 0.3) is 5.91 Å². The maximum atomic E-state index is 11.9. The second-order valence-electron chi connectivity index (χ2n) is 5.08. The standard InChI is InChI=1S/C14H23N3O/c1-6-14(2,3)17(5)12-9-10(15)7-8-11(12)13(18)16-4/h7-9H,6,15H2,1-5H3,(H,16,18). The fraction of sp³-hybridized carbons (Fsp3) is 0.500. The molecule has 0 fully saturated rings. The highest BCUT2D eigenvalue weighted by Crippen LogP contribution is 2.29. The largest absolute Gasteiger partial charge is 0.399 e. The Morgan fingerprint density at radius 1 is 1.44 bits per heavy atom. The Labute approximate surface area is 109 Å². The molecule has 1 aromatic rings. The summed E-state index contributed by atoms with van der Waals surface area (Å²) in [6, 6.07) is 5.37. The number of hydrogen-bond acceptors (Lipinski definition) is 3. The molecule has 0 heterocycles. The van der Waals surface area contributed by atoms with Gasteiger partial charge in [-0.05, 0) is 38.5 Å². The molecule has 0 aliphatic carbocycles. The van der Waals surface area contributed by atoms with Crippen molar-refractivity contribution in [2.45, 2.75) is 32.7 Å². The second kappa shape index (κ2) is 5.29. The van der Waals surface area contributed by atoms with Gasteiger partial charge in [-0.3, -0.25) is 4.79 Å². The number of rotatable bonds is 4. The summed E-state index contributed by atoms with van der Waals surface area (Å²) >= 11 is 0. The molecule has 4 nitrogen and oxygen atoms in total. The van der Waals surface area contributed by atoms with Gasteiger partial charge in [-0.15, -0.1) is 0 Å². The molecule has 0 bridgehead atoms. The van der Waals surface area contributed by atoms with Crippen molar-refractivity contribution in [3.8, 4) is 0 Å². The van der Waals surface area contributed by atoms with Crippen LogP contribution in [0.15, 0.2) is 18.2 Å². The van der Waals surface area contributed by atoms with Crippen molar-refractivity contribution < 1.29 is 4.79 Å². The van der Waals surface area contributed by atoms with E-state index in [-0.39, 0.29) is 11.4 Å². The molecule has 0 radical (unpaired) electrons. The number of nitrogen functional groups attached to an aromatic ring is 1. The van der Waals surface area contributed by atoms with Gasteiger partial charge in [-0.2, -0.15) is 0 Å². The Hall–Kier alpha value is -1.71. The number of carbonyl (C=O) groups is 1. The third kappa shape index (κ3) is 2.75. The summed E-state index contributed by atoms with van der Waals surface area (Å²) in [5.74, 6) is -0.0937. The van der Waals surface area contributed by atoms with Crippen LogP contribution in [0.3, 0.4) is 0 Å². The Balaban J connectivity index is 3.29. The molecule has 0 saturated carbocycles. The van der Waals surface area contributed by atoms with Gasteiger partial charge in [0.2, 0.25) is 0 Å². The smallest absolute Gasteiger partial charge is 0.253 e. The molecule has 1 amide bonds. The SMILES string of the molecule is CCC(C)(C)N(C)c1cc(N)ccc1C(=O)NC. The van der Waals surface area contributed by atoms with Gasteiger partial charge in [-0.25, -0.2) is 0 Å². The van der Waals surface area contributed by atoms with Crippen molar-refractivity contribution in [3.63, 3.8) is 0 Å². The van der Waals surface area contributed by atoms with Crippen LogP contribution in [0.1, 0.15) is 37.6 Å². The van der Waals surface area contributed by atoms with Crippen LogP contribution >= 0.6 is 0 Å². The van der Waals surface area contributed by atoms with Crippen molar-refractivity contribution >= 4 is 17.3 Å². The highest BCUT2D eigenvalue weighted by atomic mass is 16.1. The van der Waals surface area contributed by atoms with E-state index in [1.165, 1.54) is 0 Å². The third-order valence-electron chi connectivity index (χ3n) is 3.63. The number of nitrogens with zero attached hydrogens (tertiary/aromatic N) is 1. The van der Waals surface area contributed by atoms with E-state index in [4.69, 9.17) is 5.73 Å². The zero-order valence-electron chi connectivity index (χ0n) is 11.9. The van der Waals surface area contributed by atoms with Gasteiger partial charge < -0.3 is 16.0 Å². The number of benzene rings is 1. The molecule has 0 aliphatic rings. The molecule has 100 valence electrons. The van der Waals surface area contributed by atoms with Crippen molar-refractivity contribution in [2.24, 2.45) is 0 Å². The maximum Gasteiger partial charge on any atom is 0.253 e. The lowest BCUT2D eigenvalue weighted by Gasteiger charge is -2.37.